The Labute approximate surface area is 134 Å². The second kappa shape index (κ2) is 8.41. The summed E-state index contributed by atoms with van der Waals surface area (Å²) in [6, 6.07) is 7.70. The third-order valence-electron chi connectivity index (χ3n) is 3.35. The van der Waals surface area contributed by atoms with Gasteiger partial charge in [0, 0.05) is 42.4 Å². The zero-order valence-corrected chi connectivity index (χ0v) is 13.7. The van der Waals surface area contributed by atoms with Crippen LogP contribution in [0.2, 0.25) is 5.02 Å². The average molecular weight is 326 g/mol. The minimum absolute atomic E-state index is 0.0570. The van der Waals surface area contributed by atoms with Crippen LogP contribution in [-0.2, 0) is 10.5 Å². The van der Waals surface area contributed by atoms with Crippen LogP contribution in [0.3, 0.4) is 0 Å². The topological polar surface area (TPSA) is 44.7 Å². The fourth-order valence-corrected chi connectivity index (χ4v) is 3.14. The van der Waals surface area contributed by atoms with Crippen LogP contribution in [0.25, 0.3) is 0 Å². The zero-order valence-electron chi connectivity index (χ0n) is 12.1. The number of likely N-dealkylation sites (tertiary alicyclic amines) is 1. The summed E-state index contributed by atoms with van der Waals surface area (Å²) >= 11 is 7.62. The van der Waals surface area contributed by atoms with Crippen LogP contribution in [0.5, 0.6) is 0 Å². The summed E-state index contributed by atoms with van der Waals surface area (Å²) in [5.74, 6) is 1.06. The van der Waals surface area contributed by atoms with Crippen molar-refractivity contribution >= 4 is 35.0 Å². The quantitative estimate of drug-likeness (QED) is 0.847. The van der Waals surface area contributed by atoms with Gasteiger partial charge in [0.25, 0.3) is 0 Å². The van der Waals surface area contributed by atoms with E-state index in [2.05, 4.69) is 22.5 Å². The Kier molecular flexibility index (Phi) is 6.54. The Balaban J connectivity index is 1.68. The zero-order chi connectivity index (χ0) is 15.1. The number of piperidine rings is 1. The molecular formula is C15H20ClN3OS. The molecule has 2 rings (SSSR count). The van der Waals surface area contributed by atoms with Gasteiger partial charge >= 0.3 is 0 Å². The highest BCUT2D eigenvalue weighted by atomic mass is 35.5. The van der Waals surface area contributed by atoms with Gasteiger partial charge in [-0.05, 0) is 18.7 Å². The number of carbonyl (C=O) groups is 1. The van der Waals surface area contributed by atoms with Gasteiger partial charge in [0.15, 0.2) is 0 Å². The Morgan fingerprint density at radius 1 is 1.38 bits per heavy atom. The van der Waals surface area contributed by atoms with Crippen molar-refractivity contribution in [1.82, 2.24) is 10.3 Å². The van der Waals surface area contributed by atoms with Gasteiger partial charge in [-0.3, -0.25) is 4.79 Å². The van der Waals surface area contributed by atoms with Gasteiger partial charge in [-0.1, -0.05) is 29.8 Å². The largest absolute Gasteiger partial charge is 0.306 e. The van der Waals surface area contributed by atoms with Crippen LogP contribution >= 0.6 is 23.4 Å². The Hall–Kier alpha value is -1.04. The van der Waals surface area contributed by atoms with Crippen molar-refractivity contribution in [3.8, 4) is 0 Å². The Morgan fingerprint density at radius 3 is 2.81 bits per heavy atom. The van der Waals surface area contributed by atoms with Crippen molar-refractivity contribution in [2.45, 2.75) is 18.6 Å². The van der Waals surface area contributed by atoms with E-state index < -0.39 is 0 Å². The van der Waals surface area contributed by atoms with Crippen LogP contribution < -0.4 is 5.43 Å². The molecule has 4 nitrogen and oxygen atoms in total. The molecule has 1 N–H and O–H groups in total. The molecule has 1 saturated heterocycles. The van der Waals surface area contributed by atoms with Crippen LogP contribution in [0.1, 0.15) is 18.4 Å². The first-order chi connectivity index (χ1) is 10.1. The third kappa shape index (κ3) is 5.69. The maximum atomic E-state index is 11.7. The summed E-state index contributed by atoms with van der Waals surface area (Å²) in [6.07, 6.45) is 1.87. The van der Waals surface area contributed by atoms with Crippen molar-refractivity contribution < 1.29 is 4.79 Å². The van der Waals surface area contributed by atoms with Gasteiger partial charge < -0.3 is 4.90 Å². The van der Waals surface area contributed by atoms with E-state index in [0.29, 0.717) is 5.75 Å². The second-order valence-electron chi connectivity index (χ2n) is 5.10. The molecule has 1 aromatic rings. The van der Waals surface area contributed by atoms with Gasteiger partial charge in [-0.15, -0.1) is 11.8 Å². The summed E-state index contributed by atoms with van der Waals surface area (Å²) in [4.78, 5) is 14.0. The van der Waals surface area contributed by atoms with Gasteiger partial charge in [-0.25, -0.2) is 5.43 Å². The minimum atomic E-state index is -0.0570. The first-order valence-electron chi connectivity index (χ1n) is 6.99. The van der Waals surface area contributed by atoms with E-state index in [4.69, 9.17) is 11.6 Å². The highest BCUT2D eigenvalue weighted by Crippen LogP contribution is 2.20. The predicted octanol–water partition coefficient (Wildman–Crippen LogP) is 2.77. The number of halogens is 1. The molecule has 1 aliphatic rings. The Bertz CT molecular complexity index is 511. The lowest BCUT2D eigenvalue weighted by Gasteiger charge is -2.22. The van der Waals surface area contributed by atoms with Crippen molar-refractivity contribution in [3.05, 3.63) is 34.9 Å². The molecule has 21 heavy (non-hydrogen) atoms. The minimum Gasteiger partial charge on any atom is -0.306 e. The number of rotatable bonds is 5. The van der Waals surface area contributed by atoms with E-state index in [1.54, 1.807) is 11.8 Å². The average Bonchev–Trinajstić information content (AvgIpc) is 2.49. The van der Waals surface area contributed by atoms with Crippen LogP contribution in [-0.4, -0.2) is 42.4 Å². The molecule has 0 unspecified atom stereocenters. The molecule has 114 valence electrons. The molecule has 1 aromatic carbocycles. The number of hydrogen-bond donors (Lipinski definition) is 1. The first kappa shape index (κ1) is 16.3. The standard InChI is InChI=1S/C15H20ClN3OS/c1-19-8-6-13(7-9-19)17-18-15(20)11-21-10-12-4-2-3-5-14(12)16/h2-5H,6-11H2,1H3,(H,18,20). The monoisotopic (exact) mass is 325 g/mol. The molecule has 0 saturated carbocycles. The SMILES string of the molecule is CN1CCC(=NNC(=O)CSCc2ccccc2Cl)CC1. The second-order valence-corrected chi connectivity index (χ2v) is 6.49. The maximum Gasteiger partial charge on any atom is 0.250 e. The van der Waals surface area contributed by atoms with E-state index in [1.165, 1.54) is 0 Å². The Morgan fingerprint density at radius 2 is 2.10 bits per heavy atom. The summed E-state index contributed by atoms with van der Waals surface area (Å²) < 4.78 is 0. The molecule has 6 heteroatoms. The molecule has 0 aliphatic carbocycles. The number of amides is 1. The van der Waals surface area contributed by atoms with Gasteiger partial charge in [0.2, 0.25) is 5.91 Å². The smallest absolute Gasteiger partial charge is 0.250 e. The number of nitrogens with zero attached hydrogens (tertiary/aromatic N) is 2. The normalized spacial score (nSPS) is 15.8. The molecule has 0 atom stereocenters. The van der Waals surface area contributed by atoms with Gasteiger partial charge in [-0.2, -0.15) is 5.10 Å². The summed E-state index contributed by atoms with van der Waals surface area (Å²) in [5, 5.41) is 4.96. The first-order valence-corrected chi connectivity index (χ1v) is 8.52. The highest BCUT2D eigenvalue weighted by molar-refractivity contribution is 7.99. The molecule has 0 spiro atoms. The predicted molar refractivity (Wildman–Crippen MR) is 89.9 cm³/mol. The number of carbonyl (C=O) groups excluding carboxylic acids is 1. The number of hydrazone groups is 1. The molecule has 1 aliphatic heterocycles. The summed E-state index contributed by atoms with van der Waals surface area (Å²) in [6.45, 7) is 2.02. The van der Waals surface area contributed by atoms with E-state index in [-0.39, 0.29) is 5.91 Å². The van der Waals surface area contributed by atoms with Crippen LogP contribution in [0.15, 0.2) is 29.4 Å². The van der Waals surface area contributed by atoms with Crippen LogP contribution in [0, 0.1) is 0 Å². The number of hydrogen-bond acceptors (Lipinski definition) is 4. The summed E-state index contributed by atoms with van der Waals surface area (Å²) in [5.41, 5.74) is 4.78. The maximum absolute atomic E-state index is 11.7. The molecule has 1 amide bonds. The lowest BCUT2D eigenvalue weighted by molar-refractivity contribution is -0.118. The van der Waals surface area contributed by atoms with Crippen molar-refractivity contribution in [3.63, 3.8) is 0 Å². The fourth-order valence-electron chi connectivity index (χ4n) is 2.03. The van der Waals surface area contributed by atoms with Gasteiger partial charge in [0.1, 0.15) is 0 Å². The van der Waals surface area contributed by atoms with Crippen molar-refractivity contribution in [1.29, 1.82) is 0 Å². The van der Waals surface area contributed by atoms with Crippen LogP contribution in [0.4, 0.5) is 0 Å². The lowest BCUT2D eigenvalue weighted by atomic mass is 10.1. The van der Waals surface area contributed by atoms with E-state index in [1.807, 2.05) is 24.3 Å². The van der Waals surface area contributed by atoms with E-state index in [0.717, 1.165) is 48.0 Å². The molecule has 0 bridgehead atoms. The number of benzene rings is 1. The third-order valence-corrected chi connectivity index (χ3v) is 4.70. The van der Waals surface area contributed by atoms with E-state index >= 15 is 0 Å². The highest BCUT2D eigenvalue weighted by Gasteiger charge is 2.11. The lowest BCUT2D eigenvalue weighted by Crippen LogP contribution is -2.32. The summed E-state index contributed by atoms with van der Waals surface area (Å²) in [7, 11) is 2.10. The molecule has 1 fully saturated rings. The number of nitrogens with one attached hydrogen (secondary N) is 1. The van der Waals surface area contributed by atoms with Crippen molar-refractivity contribution in [2.75, 3.05) is 25.9 Å². The molecule has 0 aromatic heterocycles. The van der Waals surface area contributed by atoms with Crippen molar-refractivity contribution in [2.24, 2.45) is 5.10 Å². The molecular weight excluding hydrogens is 306 g/mol. The van der Waals surface area contributed by atoms with Gasteiger partial charge in [0.05, 0.1) is 5.75 Å². The number of thioether (sulfide) groups is 1. The van der Waals surface area contributed by atoms with E-state index in [9.17, 15) is 4.79 Å². The fraction of sp³-hybridized carbons (Fsp3) is 0.467. The molecule has 0 radical (unpaired) electrons. The molecule has 1 heterocycles.